The molecule has 1 aromatic carbocycles. The van der Waals surface area contributed by atoms with E-state index in [-0.39, 0.29) is 30.2 Å². The van der Waals surface area contributed by atoms with E-state index >= 15 is 0 Å². The van der Waals surface area contributed by atoms with E-state index in [1.807, 2.05) is 0 Å². The van der Waals surface area contributed by atoms with E-state index in [0.29, 0.717) is 21.0 Å². The third kappa shape index (κ3) is 3.84. The van der Waals surface area contributed by atoms with Crippen molar-refractivity contribution >= 4 is 50.7 Å². The number of carboxylic acids is 1. The molecule has 0 aliphatic carbocycles. The van der Waals surface area contributed by atoms with Crippen LogP contribution in [0.4, 0.5) is 0 Å². The van der Waals surface area contributed by atoms with Crippen molar-refractivity contribution in [1.82, 2.24) is 0 Å². The summed E-state index contributed by atoms with van der Waals surface area (Å²) in [5.41, 5.74) is 1.77. The van der Waals surface area contributed by atoms with Gasteiger partial charge in [-0.2, -0.15) is 8.42 Å². The van der Waals surface area contributed by atoms with Crippen LogP contribution in [0.15, 0.2) is 0 Å². The quantitative estimate of drug-likeness (QED) is 0.539. The van der Waals surface area contributed by atoms with Gasteiger partial charge in [0.1, 0.15) is 5.56 Å². The van der Waals surface area contributed by atoms with Crippen molar-refractivity contribution in [1.29, 1.82) is 0 Å². The number of carbonyl (C=O) groups is 1. The third-order valence-electron chi connectivity index (χ3n) is 3.03. The van der Waals surface area contributed by atoms with Crippen molar-refractivity contribution in [3.63, 3.8) is 0 Å². The summed E-state index contributed by atoms with van der Waals surface area (Å²) in [5, 5.41) is 9.65. The van der Waals surface area contributed by atoms with Crippen molar-refractivity contribution in [3.05, 3.63) is 22.3 Å². The Morgan fingerprint density at radius 2 is 1.63 bits per heavy atom. The Morgan fingerprint density at radius 1 is 1.16 bits per heavy atom. The van der Waals surface area contributed by atoms with Gasteiger partial charge in [-0.25, -0.2) is 4.79 Å². The topological polar surface area (TPSA) is 101 Å². The third-order valence-corrected chi connectivity index (χ3v) is 4.61. The number of aromatic carboxylic acids is 1. The molecule has 0 radical (unpaired) electrons. The van der Waals surface area contributed by atoms with Gasteiger partial charge in [0, 0.05) is 10.2 Å². The number of rotatable bonds is 3. The number of carboxylic acid groups (broad SMARTS) is 1. The summed E-state index contributed by atoms with van der Waals surface area (Å²) < 4.78 is 34.7. The van der Waals surface area contributed by atoms with Crippen LogP contribution in [0.3, 0.4) is 0 Å². The standard InChI is InChI=1S/C10H14O6SSi.Li.H/c1-4-5(2)7(10(11)12)8(9(18)6(4)3)16-17(13,14)15;;/h1-3,18H3,(H,11,12)(H,13,14,15);;. The maximum atomic E-state index is 11.2. The van der Waals surface area contributed by atoms with Gasteiger partial charge < -0.3 is 9.29 Å². The van der Waals surface area contributed by atoms with E-state index in [0.717, 1.165) is 11.1 Å². The fourth-order valence-corrected chi connectivity index (χ4v) is 3.04. The molecule has 1 rings (SSSR count). The van der Waals surface area contributed by atoms with E-state index in [2.05, 4.69) is 4.18 Å². The van der Waals surface area contributed by atoms with Crippen molar-refractivity contribution in [2.24, 2.45) is 0 Å². The molecule has 0 aliphatic heterocycles. The first-order chi connectivity index (χ1) is 8.06. The molecule has 1 aromatic rings. The van der Waals surface area contributed by atoms with E-state index in [4.69, 9.17) is 9.66 Å². The molecule has 0 bridgehead atoms. The Bertz CT molecular complexity index is 626. The van der Waals surface area contributed by atoms with Crippen LogP contribution in [0.5, 0.6) is 5.75 Å². The minimum absolute atomic E-state index is 0. The summed E-state index contributed by atoms with van der Waals surface area (Å²) >= 11 is 0. The predicted molar refractivity (Wildman–Crippen MR) is 76.5 cm³/mol. The van der Waals surface area contributed by atoms with Crippen LogP contribution >= 0.6 is 0 Å². The summed E-state index contributed by atoms with van der Waals surface area (Å²) in [6.45, 7) is 5.09. The molecule has 0 spiro atoms. The van der Waals surface area contributed by atoms with Crippen LogP contribution in [-0.4, -0.2) is 53.1 Å². The molecular formula is C10H15LiO6SSi. The van der Waals surface area contributed by atoms with Crippen LogP contribution in [0.2, 0.25) is 0 Å². The molecule has 102 valence electrons. The molecule has 0 heterocycles. The van der Waals surface area contributed by atoms with E-state index in [1.54, 1.807) is 20.8 Å². The molecule has 0 saturated carbocycles. The van der Waals surface area contributed by atoms with Crippen molar-refractivity contribution < 1.29 is 27.1 Å². The molecule has 0 aromatic heterocycles. The van der Waals surface area contributed by atoms with Gasteiger partial charge in [0.15, 0.2) is 5.75 Å². The summed E-state index contributed by atoms with van der Waals surface area (Å²) in [6, 6.07) is 0. The maximum absolute atomic E-state index is 11.2. The summed E-state index contributed by atoms with van der Waals surface area (Å²) in [6.07, 6.45) is 0. The number of hydrogen-bond donors (Lipinski definition) is 2. The fraction of sp³-hybridized carbons (Fsp3) is 0.300. The van der Waals surface area contributed by atoms with Crippen molar-refractivity contribution in [3.8, 4) is 5.75 Å². The minimum atomic E-state index is -4.74. The summed E-state index contributed by atoms with van der Waals surface area (Å²) in [4.78, 5) is 11.2. The van der Waals surface area contributed by atoms with Gasteiger partial charge in [0.25, 0.3) is 0 Å². The van der Waals surface area contributed by atoms with Crippen LogP contribution in [0.1, 0.15) is 27.0 Å². The van der Waals surface area contributed by atoms with E-state index in [9.17, 15) is 13.2 Å². The number of hydrogen-bond acceptors (Lipinski definition) is 4. The molecule has 0 saturated heterocycles. The van der Waals surface area contributed by atoms with Gasteiger partial charge in [-0.3, -0.25) is 4.55 Å². The van der Waals surface area contributed by atoms with Crippen molar-refractivity contribution in [2.75, 3.05) is 0 Å². The van der Waals surface area contributed by atoms with Crippen LogP contribution in [0, 0.1) is 20.8 Å². The van der Waals surface area contributed by atoms with Crippen LogP contribution < -0.4 is 9.37 Å². The van der Waals surface area contributed by atoms with Gasteiger partial charge >= 0.3 is 35.2 Å². The molecule has 9 heteroatoms. The molecule has 0 atom stereocenters. The molecule has 0 fully saturated rings. The molecular weight excluding hydrogens is 283 g/mol. The van der Waals surface area contributed by atoms with Gasteiger partial charge in [0.2, 0.25) is 0 Å². The average molecular weight is 298 g/mol. The second-order valence-electron chi connectivity index (χ2n) is 4.02. The van der Waals surface area contributed by atoms with Crippen molar-refractivity contribution in [2.45, 2.75) is 20.8 Å². The summed E-state index contributed by atoms with van der Waals surface area (Å²) in [7, 11) is -4.35. The van der Waals surface area contributed by atoms with Gasteiger partial charge in [-0.15, -0.1) is 0 Å². The zero-order valence-electron chi connectivity index (χ0n) is 10.4. The first kappa shape index (κ1) is 18.2. The Hall–Kier alpha value is -0.786. The Balaban J connectivity index is 0.00000324. The molecule has 19 heavy (non-hydrogen) atoms. The van der Waals surface area contributed by atoms with Gasteiger partial charge in [0.05, 0.1) is 0 Å². The zero-order chi connectivity index (χ0) is 14.2. The first-order valence-electron chi connectivity index (χ1n) is 5.06. The molecule has 0 amide bonds. The molecule has 6 nitrogen and oxygen atoms in total. The number of benzene rings is 1. The molecule has 2 N–H and O–H groups in total. The summed E-state index contributed by atoms with van der Waals surface area (Å²) in [5.74, 6) is -1.57. The zero-order valence-corrected chi connectivity index (χ0v) is 13.3. The average Bonchev–Trinajstić information content (AvgIpc) is 2.20. The van der Waals surface area contributed by atoms with E-state index < -0.39 is 16.4 Å². The monoisotopic (exact) mass is 298 g/mol. The molecule has 0 aliphatic rings. The Kier molecular flexibility index (Phi) is 5.86. The second kappa shape index (κ2) is 6.11. The Morgan fingerprint density at radius 3 is 2.00 bits per heavy atom. The van der Waals surface area contributed by atoms with Gasteiger partial charge in [-0.1, -0.05) is 0 Å². The predicted octanol–water partition coefficient (Wildman–Crippen LogP) is -1.17. The molecule has 0 unspecified atom stereocenters. The second-order valence-corrected chi connectivity index (χ2v) is 6.04. The normalized spacial score (nSPS) is 10.9. The Labute approximate surface area is 126 Å². The first-order valence-corrected chi connectivity index (χ1v) is 7.43. The van der Waals surface area contributed by atoms with Crippen LogP contribution in [-0.2, 0) is 10.4 Å². The van der Waals surface area contributed by atoms with E-state index in [1.165, 1.54) is 0 Å². The fourth-order valence-electron chi connectivity index (χ4n) is 1.75. The SMILES string of the molecule is Cc1c(C)c([SiH3])c(OS(=O)(=O)O)c(C(=O)O)c1C.[LiH]. The van der Waals surface area contributed by atoms with Crippen LogP contribution in [0.25, 0.3) is 0 Å². The van der Waals surface area contributed by atoms with Gasteiger partial charge in [-0.05, 0) is 42.6 Å².